The lowest BCUT2D eigenvalue weighted by molar-refractivity contribution is 0.569. The van der Waals surface area contributed by atoms with Crippen LogP contribution in [0.1, 0.15) is 32.0 Å². The smallest absolute Gasteiger partial charge is 0.144 e. The Kier molecular flexibility index (Phi) is 2.63. The number of hydrogen-bond donors (Lipinski definition) is 0. The van der Waals surface area contributed by atoms with Crippen LogP contribution >= 0.6 is 11.6 Å². The zero-order valence-corrected chi connectivity index (χ0v) is 8.81. The number of aromatic nitrogens is 1. The van der Waals surface area contributed by atoms with E-state index < -0.39 is 0 Å². The molecule has 0 aliphatic heterocycles. The quantitative estimate of drug-likeness (QED) is 0.456. The molecule has 0 fully saturated rings. The Morgan fingerprint density at radius 2 is 2.00 bits per heavy atom. The number of pyridine rings is 1. The average Bonchev–Trinajstić information content (AvgIpc) is 2.02. The minimum Gasteiger partial charge on any atom is -0.239 e. The monoisotopic (exact) mass is 193 g/mol. The predicted molar refractivity (Wildman–Crippen MR) is 55.9 cm³/mol. The van der Waals surface area contributed by atoms with Crippen LogP contribution in [0.15, 0.2) is 12.1 Å². The second-order valence-corrected chi connectivity index (χ2v) is 4.29. The summed E-state index contributed by atoms with van der Waals surface area (Å²) in [5, 5.41) is 0.412. The van der Waals surface area contributed by atoms with E-state index in [2.05, 4.69) is 31.7 Å². The van der Waals surface area contributed by atoms with E-state index in [1.54, 1.807) is 0 Å². The number of nitrogens with zero attached hydrogens (tertiary/aromatic N) is 1. The third kappa shape index (κ3) is 2.23. The maximum atomic E-state index is 5.88. The fourth-order valence-electron chi connectivity index (χ4n) is 0.960. The molecule has 0 aliphatic carbocycles. The minimum atomic E-state index is 0.0107. The van der Waals surface area contributed by atoms with Crippen LogP contribution in [0.2, 0.25) is 5.15 Å². The van der Waals surface area contributed by atoms with Gasteiger partial charge in [0.25, 0.3) is 0 Å². The Bertz CT molecular complexity index is 355. The molecule has 0 aliphatic rings. The van der Waals surface area contributed by atoms with E-state index in [9.17, 15) is 0 Å². The van der Waals surface area contributed by atoms with E-state index >= 15 is 0 Å². The van der Waals surface area contributed by atoms with Crippen LogP contribution in [0, 0.1) is 12.3 Å². The maximum Gasteiger partial charge on any atom is 0.144 e. The lowest BCUT2D eigenvalue weighted by Gasteiger charge is -2.17. The topological polar surface area (TPSA) is 12.9 Å². The van der Waals surface area contributed by atoms with Gasteiger partial charge < -0.3 is 0 Å². The van der Waals surface area contributed by atoms with Gasteiger partial charge in [-0.25, -0.2) is 4.98 Å². The second kappa shape index (κ2) is 3.40. The van der Waals surface area contributed by atoms with Crippen LogP contribution in [-0.2, 0) is 5.41 Å². The normalized spacial score (nSPS) is 11.0. The zero-order valence-electron chi connectivity index (χ0n) is 8.06. The summed E-state index contributed by atoms with van der Waals surface area (Å²) in [6.45, 7) is 6.25. The Morgan fingerprint density at radius 1 is 1.38 bits per heavy atom. The maximum absolute atomic E-state index is 5.88. The largest absolute Gasteiger partial charge is 0.239 e. The van der Waals surface area contributed by atoms with Crippen molar-refractivity contribution >= 4 is 11.6 Å². The summed E-state index contributed by atoms with van der Waals surface area (Å²) in [4.78, 5) is 4.24. The van der Waals surface area contributed by atoms with Crippen molar-refractivity contribution in [3.8, 4) is 12.3 Å². The summed E-state index contributed by atoms with van der Waals surface area (Å²) in [5.74, 6) is 2.48. The Labute approximate surface area is 84.1 Å². The molecule has 1 rings (SSSR count). The van der Waals surface area contributed by atoms with Gasteiger partial charge >= 0.3 is 0 Å². The van der Waals surface area contributed by atoms with E-state index in [0.717, 1.165) is 5.69 Å². The van der Waals surface area contributed by atoms with Crippen molar-refractivity contribution in [2.75, 3.05) is 0 Å². The van der Waals surface area contributed by atoms with Crippen molar-refractivity contribution in [3.05, 3.63) is 28.5 Å². The SMILES string of the molecule is C#Cc1ccc(C(C)(C)C)nc1Cl. The molecular weight excluding hydrogens is 182 g/mol. The van der Waals surface area contributed by atoms with Crippen LogP contribution in [0.3, 0.4) is 0 Å². The number of terminal acetylenes is 1. The number of halogens is 1. The zero-order chi connectivity index (χ0) is 10.1. The molecule has 0 saturated carbocycles. The van der Waals surface area contributed by atoms with Crippen molar-refractivity contribution in [3.63, 3.8) is 0 Å². The van der Waals surface area contributed by atoms with Crippen molar-refractivity contribution in [2.24, 2.45) is 0 Å². The fraction of sp³-hybridized carbons (Fsp3) is 0.364. The first-order chi connectivity index (χ1) is 5.95. The van der Waals surface area contributed by atoms with Crippen LogP contribution < -0.4 is 0 Å². The molecule has 1 aromatic rings. The lowest BCUT2D eigenvalue weighted by atomic mass is 9.91. The highest BCUT2D eigenvalue weighted by atomic mass is 35.5. The number of rotatable bonds is 0. The summed E-state index contributed by atoms with van der Waals surface area (Å²) in [6, 6.07) is 3.75. The first-order valence-corrected chi connectivity index (χ1v) is 4.46. The Morgan fingerprint density at radius 3 is 2.38 bits per heavy atom. The Hall–Kier alpha value is -1.00. The van der Waals surface area contributed by atoms with Gasteiger partial charge in [0, 0.05) is 11.1 Å². The first kappa shape index (κ1) is 10.1. The van der Waals surface area contributed by atoms with Crippen molar-refractivity contribution in [2.45, 2.75) is 26.2 Å². The fourth-order valence-corrected chi connectivity index (χ4v) is 1.17. The van der Waals surface area contributed by atoms with E-state index in [0.29, 0.717) is 10.7 Å². The molecule has 0 atom stereocenters. The van der Waals surface area contributed by atoms with Gasteiger partial charge in [0.15, 0.2) is 0 Å². The third-order valence-corrected chi connectivity index (χ3v) is 2.06. The van der Waals surface area contributed by atoms with Crippen molar-refractivity contribution in [1.29, 1.82) is 0 Å². The highest BCUT2D eigenvalue weighted by molar-refractivity contribution is 6.30. The molecular formula is C11H12ClN. The van der Waals surface area contributed by atoms with Crippen LogP contribution in [0.5, 0.6) is 0 Å². The molecule has 0 amide bonds. The molecule has 1 heterocycles. The van der Waals surface area contributed by atoms with Crippen LogP contribution in [-0.4, -0.2) is 4.98 Å². The molecule has 0 N–H and O–H groups in total. The third-order valence-electron chi connectivity index (χ3n) is 1.77. The van der Waals surface area contributed by atoms with Crippen molar-refractivity contribution < 1.29 is 0 Å². The van der Waals surface area contributed by atoms with E-state index in [-0.39, 0.29) is 5.41 Å². The van der Waals surface area contributed by atoms with Gasteiger partial charge in [-0.2, -0.15) is 0 Å². The van der Waals surface area contributed by atoms with Gasteiger partial charge in [0.1, 0.15) is 5.15 Å². The molecule has 0 saturated heterocycles. The van der Waals surface area contributed by atoms with Gasteiger partial charge in [-0.3, -0.25) is 0 Å². The van der Waals surface area contributed by atoms with Crippen molar-refractivity contribution in [1.82, 2.24) is 4.98 Å². The Balaban J connectivity index is 3.20. The molecule has 13 heavy (non-hydrogen) atoms. The molecule has 1 aromatic heterocycles. The number of hydrogen-bond acceptors (Lipinski definition) is 1. The van der Waals surface area contributed by atoms with Gasteiger partial charge in [-0.1, -0.05) is 38.3 Å². The molecule has 0 unspecified atom stereocenters. The van der Waals surface area contributed by atoms with E-state index in [4.69, 9.17) is 18.0 Å². The van der Waals surface area contributed by atoms with Gasteiger partial charge in [-0.15, -0.1) is 6.42 Å². The molecule has 0 spiro atoms. The highest BCUT2D eigenvalue weighted by Gasteiger charge is 2.16. The van der Waals surface area contributed by atoms with E-state index in [1.165, 1.54) is 0 Å². The summed E-state index contributed by atoms with van der Waals surface area (Å²) in [5.41, 5.74) is 1.61. The summed E-state index contributed by atoms with van der Waals surface area (Å²) >= 11 is 5.88. The van der Waals surface area contributed by atoms with Crippen LogP contribution in [0.4, 0.5) is 0 Å². The predicted octanol–water partition coefficient (Wildman–Crippen LogP) is 3.01. The summed E-state index contributed by atoms with van der Waals surface area (Å²) < 4.78 is 0. The standard InChI is InChI=1S/C11H12ClN/c1-5-8-6-7-9(11(2,3)4)13-10(8)12/h1,6-7H,2-4H3. The molecule has 0 bridgehead atoms. The highest BCUT2D eigenvalue weighted by Crippen LogP contribution is 2.23. The summed E-state index contributed by atoms with van der Waals surface area (Å²) in [6.07, 6.45) is 5.24. The summed E-state index contributed by atoms with van der Waals surface area (Å²) in [7, 11) is 0. The molecule has 68 valence electrons. The molecule has 1 nitrogen and oxygen atoms in total. The first-order valence-electron chi connectivity index (χ1n) is 4.09. The van der Waals surface area contributed by atoms with Gasteiger partial charge in [-0.05, 0) is 12.1 Å². The van der Waals surface area contributed by atoms with Gasteiger partial charge in [0.05, 0.1) is 5.56 Å². The lowest BCUT2D eigenvalue weighted by Crippen LogP contribution is -2.13. The van der Waals surface area contributed by atoms with Gasteiger partial charge in [0.2, 0.25) is 0 Å². The molecule has 0 radical (unpaired) electrons. The van der Waals surface area contributed by atoms with Crippen LogP contribution in [0.25, 0.3) is 0 Å². The minimum absolute atomic E-state index is 0.0107. The molecule has 0 aromatic carbocycles. The second-order valence-electron chi connectivity index (χ2n) is 3.93. The molecule has 2 heteroatoms. The average molecular weight is 194 g/mol. The van der Waals surface area contributed by atoms with E-state index in [1.807, 2.05) is 12.1 Å².